The normalized spacial score (nSPS) is 15.3. The first kappa shape index (κ1) is 9.54. The molecule has 1 aliphatic rings. The molecule has 1 N–H and O–H groups in total. The molecular weight excluding hydrogens is 202 g/mol. The number of benzene rings is 1. The molecule has 1 saturated carbocycles. The van der Waals surface area contributed by atoms with Crippen LogP contribution in [-0.2, 0) is 6.61 Å². The Morgan fingerprint density at radius 1 is 1.25 bits per heavy atom. The van der Waals surface area contributed by atoms with E-state index in [1.807, 2.05) is 35.0 Å². The third-order valence-corrected chi connectivity index (χ3v) is 2.85. The summed E-state index contributed by atoms with van der Waals surface area (Å²) < 4.78 is 1.95. The van der Waals surface area contributed by atoms with Gasteiger partial charge in [-0.2, -0.15) is 0 Å². The fourth-order valence-corrected chi connectivity index (χ4v) is 1.90. The molecule has 0 amide bonds. The zero-order valence-electron chi connectivity index (χ0n) is 8.87. The molecule has 0 bridgehead atoms. The predicted molar refractivity (Wildman–Crippen MR) is 59.7 cm³/mol. The molecule has 1 aromatic carbocycles. The van der Waals surface area contributed by atoms with Gasteiger partial charge in [-0.05, 0) is 12.8 Å². The van der Waals surface area contributed by atoms with E-state index in [-0.39, 0.29) is 6.61 Å². The SMILES string of the molecule is OCc1nnn(C2CC2)c1-c1ccccc1. The summed E-state index contributed by atoms with van der Waals surface area (Å²) in [4.78, 5) is 0. The number of aliphatic hydroxyl groups excluding tert-OH is 1. The maximum atomic E-state index is 9.28. The van der Waals surface area contributed by atoms with Gasteiger partial charge < -0.3 is 5.11 Å². The number of hydrogen-bond donors (Lipinski definition) is 1. The average Bonchev–Trinajstić information content (AvgIpc) is 3.09. The van der Waals surface area contributed by atoms with E-state index in [9.17, 15) is 5.11 Å². The van der Waals surface area contributed by atoms with Crippen molar-refractivity contribution in [2.75, 3.05) is 0 Å². The summed E-state index contributed by atoms with van der Waals surface area (Å²) in [6.07, 6.45) is 2.32. The lowest BCUT2D eigenvalue weighted by Gasteiger charge is -2.05. The molecule has 0 aliphatic heterocycles. The average molecular weight is 215 g/mol. The summed E-state index contributed by atoms with van der Waals surface area (Å²) in [6, 6.07) is 10.5. The molecule has 0 radical (unpaired) electrons. The highest BCUT2D eigenvalue weighted by molar-refractivity contribution is 5.61. The van der Waals surface area contributed by atoms with E-state index in [1.165, 1.54) is 0 Å². The van der Waals surface area contributed by atoms with Gasteiger partial charge in [-0.25, -0.2) is 4.68 Å². The van der Waals surface area contributed by atoms with Crippen LogP contribution in [0.15, 0.2) is 30.3 Å². The number of rotatable bonds is 3. The summed E-state index contributed by atoms with van der Waals surface area (Å²) in [5.74, 6) is 0. The van der Waals surface area contributed by atoms with Crippen LogP contribution in [0.1, 0.15) is 24.6 Å². The topological polar surface area (TPSA) is 50.9 Å². The molecule has 82 valence electrons. The van der Waals surface area contributed by atoms with Gasteiger partial charge in [0, 0.05) is 5.56 Å². The monoisotopic (exact) mass is 215 g/mol. The lowest BCUT2D eigenvalue weighted by atomic mass is 10.1. The van der Waals surface area contributed by atoms with Gasteiger partial charge in [0.05, 0.1) is 18.3 Å². The highest BCUT2D eigenvalue weighted by atomic mass is 16.3. The van der Waals surface area contributed by atoms with Gasteiger partial charge in [0.2, 0.25) is 0 Å². The summed E-state index contributed by atoms with van der Waals surface area (Å²) in [5, 5.41) is 17.4. The molecule has 0 spiro atoms. The fourth-order valence-electron chi connectivity index (χ4n) is 1.90. The van der Waals surface area contributed by atoms with E-state index in [1.54, 1.807) is 0 Å². The van der Waals surface area contributed by atoms with Gasteiger partial charge in [-0.15, -0.1) is 5.10 Å². The molecule has 16 heavy (non-hydrogen) atoms. The predicted octanol–water partition coefficient (Wildman–Crippen LogP) is 1.77. The lowest BCUT2D eigenvalue weighted by Crippen LogP contribution is -2.00. The quantitative estimate of drug-likeness (QED) is 0.849. The molecular formula is C12H13N3O. The molecule has 0 saturated heterocycles. The Bertz CT molecular complexity index is 488. The Morgan fingerprint density at radius 3 is 2.62 bits per heavy atom. The minimum atomic E-state index is -0.0586. The van der Waals surface area contributed by atoms with Crippen molar-refractivity contribution < 1.29 is 5.11 Å². The second-order valence-corrected chi connectivity index (χ2v) is 4.08. The van der Waals surface area contributed by atoms with Crippen LogP contribution in [0.25, 0.3) is 11.3 Å². The Morgan fingerprint density at radius 2 is 2.00 bits per heavy atom. The van der Waals surface area contributed by atoms with Gasteiger partial charge in [0.25, 0.3) is 0 Å². The molecule has 4 heteroatoms. The van der Waals surface area contributed by atoms with E-state index in [4.69, 9.17) is 0 Å². The molecule has 3 rings (SSSR count). The second-order valence-electron chi connectivity index (χ2n) is 4.08. The highest BCUT2D eigenvalue weighted by Gasteiger charge is 2.29. The third-order valence-electron chi connectivity index (χ3n) is 2.85. The van der Waals surface area contributed by atoms with Crippen molar-refractivity contribution in [1.29, 1.82) is 0 Å². The van der Waals surface area contributed by atoms with Crippen LogP contribution < -0.4 is 0 Å². The van der Waals surface area contributed by atoms with Crippen molar-refractivity contribution in [3.63, 3.8) is 0 Å². The van der Waals surface area contributed by atoms with Crippen LogP contribution in [0.3, 0.4) is 0 Å². The first-order chi connectivity index (χ1) is 7.90. The van der Waals surface area contributed by atoms with Gasteiger partial charge >= 0.3 is 0 Å². The van der Waals surface area contributed by atoms with E-state index in [2.05, 4.69) is 10.3 Å². The molecule has 1 aromatic heterocycles. The van der Waals surface area contributed by atoms with Crippen molar-refractivity contribution in [3.05, 3.63) is 36.0 Å². The number of nitrogens with zero attached hydrogens (tertiary/aromatic N) is 3. The third kappa shape index (κ3) is 1.51. The minimum absolute atomic E-state index is 0.0586. The van der Waals surface area contributed by atoms with Crippen LogP contribution in [0, 0.1) is 0 Å². The maximum absolute atomic E-state index is 9.28. The molecule has 0 atom stereocenters. The summed E-state index contributed by atoms with van der Waals surface area (Å²) in [5.41, 5.74) is 2.70. The van der Waals surface area contributed by atoms with Crippen LogP contribution in [0.5, 0.6) is 0 Å². The molecule has 4 nitrogen and oxygen atoms in total. The summed E-state index contributed by atoms with van der Waals surface area (Å²) >= 11 is 0. The van der Waals surface area contributed by atoms with Gasteiger partial charge in [-0.3, -0.25) is 0 Å². The van der Waals surface area contributed by atoms with Crippen LogP contribution in [0.2, 0.25) is 0 Å². The van der Waals surface area contributed by atoms with E-state index in [0.717, 1.165) is 24.1 Å². The smallest absolute Gasteiger partial charge is 0.116 e. The lowest BCUT2D eigenvalue weighted by molar-refractivity contribution is 0.277. The first-order valence-corrected chi connectivity index (χ1v) is 5.50. The Labute approximate surface area is 93.5 Å². The molecule has 2 aromatic rings. The maximum Gasteiger partial charge on any atom is 0.116 e. The number of aromatic nitrogens is 3. The van der Waals surface area contributed by atoms with Crippen molar-refractivity contribution >= 4 is 0 Å². The molecule has 1 aliphatic carbocycles. The van der Waals surface area contributed by atoms with E-state index in [0.29, 0.717) is 11.7 Å². The standard InChI is InChI=1S/C12H13N3O/c16-8-11-12(9-4-2-1-3-5-9)15(14-13-11)10-6-7-10/h1-5,10,16H,6-8H2. The zero-order valence-corrected chi connectivity index (χ0v) is 8.87. The van der Waals surface area contributed by atoms with Gasteiger partial charge in [0.1, 0.15) is 5.69 Å². The zero-order chi connectivity index (χ0) is 11.0. The first-order valence-electron chi connectivity index (χ1n) is 5.50. The van der Waals surface area contributed by atoms with Crippen LogP contribution >= 0.6 is 0 Å². The molecule has 1 fully saturated rings. The van der Waals surface area contributed by atoms with Crippen LogP contribution in [-0.4, -0.2) is 20.1 Å². The number of hydrogen-bond acceptors (Lipinski definition) is 3. The number of aliphatic hydroxyl groups is 1. The van der Waals surface area contributed by atoms with Crippen molar-refractivity contribution in [2.24, 2.45) is 0 Å². The van der Waals surface area contributed by atoms with Gasteiger partial charge in [-0.1, -0.05) is 35.5 Å². The largest absolute Gasteiger partial charge is 0.390 e. The Balaban J connectivity index is 2.13. The Kier molecular flexibility index (Phi) is 2.22. The summed E-state index contributed by atoms with van der Waals surface area (Å²) in [7, 11) is 0. The van der Waals surface area contributed by atoms with Crippen LogP contribution in [0.4, 0.5) is 0 Å². The Hall–Kier alpha value is -1.68. The van der Waals surface area contributed by atoms with Gasteiger partial charge in [0.15, 0.2) is 0 Å². The fraction of sp³-hybridized carbons (Fsp3) is 0.333. The second kappa shape index (κ2) is 3.72. The summed E-state index contributed by atoms with van der Waals surface area (Å²) in [6.45, 7) is -0.0586. The molecule has 0 unspecified atom stereocenters. The van der Waals surface area contributed by atoms with E-state index >= 15 is 0 Å². The minimum Gasteiger partial charge on any atom is -0.390 e. The highest BCUT2D eigenvalue weighted by Crippen LogP contribution is 2.38. The van der Waals surface area contributed by atoms with Crippen molar-refractivity contribution in [2.45, 2.75) is 25.5 Å². The van der Waals surface area contributed by atoms with E-state index < -0.39 is 0 Å². The van der Waals surface area contributed by atoms with Crippen molar-refractivity contribution in [3.8, 4) is 11.3 Å². The van der Waals surface area contributed by atoms with Crippen molar-refractivity contribution in [1.82, 2.24) is 15.0 Å². The molecule has 1 heterocycles.